The quantitative estimate of drug-likeness (QED) is 0.139. The number of thiazole rings is 2. The number of aryl methyl sites for hydroxylation is 2. The van der Waals surface area contributed by atoms with Crippen LogP contribution >= 0.6 is 22.7 Å². The van der Waals surface area contributed by atoms with E-state index in [0.29, 0.717) is 21.4 Å². The van der Waals surface area contributed by atoms with Crippen molar-refractivity contribution in [1.29, 1.82) is 0 Å². The number of hydrogen-bond acceptors (Lipinski definition) is 8. The van der Waals surface area contributed by atoms with Crippen LogP contribution in [0.3, 0.4) is 0 Å². The molecule has 43 heavy (non-hydrogen) atoms. The van der Waals surface area contributed by atoms with E-state index in [2.05, 4.69) is 82.3 Å². The van der Waals surface area contributed by atoms with E-state index in [1.807, 2.05) is 35.0 Å². The monoisotopic (exact) mass is 651 g/mol. The van der Waals surface area contributed by atoms with Gasteiger partial charge in [0, 0.05) is 62.5 Å². The molecule has 6 aromatic rings. The van der Waals surface area contributed by atoms with Crippen LogP contribution in [0.5, 0.6) is 11.5 Å². The van der Waals surface area contributed by atoms with Gasteiger partial charge >= 0.3 is 0 Å². The summed E-state index contributed by atoms with van der Waals surface area (Å²) in [6.07, 6.45) is 3.26. The Bertz CT molecular complexity index is 1690. The van der Waals surface area contributed by atoms with Crippen molar-refractivity contribution in [3.63, 3.8) is 0 Å². The fraction of sp³-hybridized carbons (Fsp3) is 0.0588. The van der Waals surface area contributed by atoms with Crippen LogP contribution in [0.15, 0.2) is 118 Å². The van der Waals surface area contributed by atoms with Gasteiger partial charge in [0.15, 0.2) is 0 Å². The van der Waals surface area contributed by atoms with Gasteiger partial charge in [0.1, 0.15) is 11.5 Å². The van der Waals surface area contributed by atoms with Crippen LogP contribution in [-0.2, 0) is 17.1 Å². The molecule has 2 N–H and O–H groups in total. The van der Waals surface area contributed by atoms with E-state index >= 15 is 0 Å². The number of para-hydroxylation sites is 2. The first-order valence-electron chi connectivity index (χ1n) is 13.1. The number of nitrogens with zero attached hydrogens (tertiary/aromatic N) is 4. The van der Waals surface area contributed by atoms with Gasteiger partial charge in [0.25, 0.3) is 0 Å². The minimum absolute atomic E-state index is 0. The zero-order valence-corrected chi connectivity index (χ0v) is 25.9. The first kappa shape index (κ1) is 31.5. The standard InChI is InChI=1S/2C17H14N2OS.Cu/c2*1-12-6-8-13(9-7-12)15-11-21-17(19-15)18-10-14-4-2-3-5-16(14)20;/h2*2-11,20H,1H3;/b2*18-10+;. The first-order chi connectivity index (χ1) is 20.4. The molecule has 9 heteroatoms. The summed E-state index contributed by atoms with van der Waals surface area (Å²) in [6, 6.07) is 30.7. The summed E-state index contributed by atoms with van der Waals surface area (Å²) in [7, 11) is 0. The third-order valence-electron chi connectivity index (χ3n) is 6.18. The first-order valence-corrected chi connectivity index (χ1v) is 14.9. The molecule has 0 aliphatic carbocycles. The Morgan fingerprint density at radius 2 is 0.930 bits per heavy atom. The average molecular weight is 652 g/mol. The zero-order chi connectivity index (χ0) is 29.3. The fourth-order valence-electron chi connectivity index (χ4n) is 3.80. The molecule has 4 aromatic carbocycles. The third-order valence-corrected chi connectivity index (χ3v) is 7.68. The smallest absolute Gasteiger partial charge is 0.209 e. The molecule has 0 fully saturated rings. The molecule has 6 nitrogen and oxygen atoms in total. The summed E-state index contributed by atoms with van der Waals surface area (Å²) >= 11 is 2.97. The van der Waals surface area contributed by atoms with E-state index < -0.39 is 0 Å². The molecule has 0 unspecified atom stereocenters. The fourth-order valence-corrected chi connectivity index (χ4v) is 5.14. The van der Waals surface area contributed by atoms with E-state index in [0.717, 1.165) is 22.5 Å². The second kappa shape index (κ2) is 15.2. The number of aliphatic imine (C=N–C) groups is 2. The van der Waals surface area contributed by atoms with E-state index in [-0.39, 0.29) is 28.6 Å². The molecule has 0 amide bonds. The van der Waals surface area contributed by atoms with Crippen molar-refractivity contribution in [1.82, 2.24) is 9.97 Å². The van der Waals surface area contributed by atoms with Gasteiger partial charge in [-0.15, -0.1) is 22.7 Å². The molecule has 2 aromatic heterocycles. The molecular formula is C34H28CuN4O2S2. The maximum atomic E-state index is 9.69. The third kappa shape index (κ3) is 8.80. The van der Waals surface area contributed by atoms with Gasteiger partial charge in [0.05, 0.1) is 11.4 Å². The molecule has 0 spiro atoms. The van der Waals surface area contributed by atoms with E-state index in [4.69, 9.17) is 0 Å². The van der Waals surface area contributed by atoms with Crippen molar-refractivity contribution >= 4 is 45.4 Å². The summed E-state index contributed by atoms with van der Waals surface area (Å²) in [6.45, 7) is 4.12. The maximum absolute atomic E-state index is 9.69. The Kier molecular flexibility index (Phi) is 11.1. The van der Waals surface area contributed by atoms with Crippen molar-refractivity contribution in [3.8, 4) is 34.0 Å². The molecule has 0 bridgehead atoms. The van der Waals surface area contributed by atoms with Gasteiger partial charge in [-0.25, -0.2) is 20.0 Å². The van der Waals surface area contributed by atoms with Gasteiger partial charge in [-0.3, -0.25) is 0 Å². The Hall–Kier alpha value is -4.40. The van der Waals surface area contributed by atoms with Crippen molar-refractivity contribution in [2.45, 2.75) is 13.8 Å². The number of benzene rings is 4. The summed E-state index contributed by atoms with van der Waals surface area (Å²) < 4.78 is 0. The number of phenolic OH excluding ortho intramolecular Hbond substituents is 2. The molecule has 219 valence electrons. The Balaban J connectivity index is 0.000000192. The number of aromatic hydroxyl groups is 2. The predicted octanol–water partition coefficient (Wildman–Crippen LogP) is 9.15. The minimum Gasteiger partial charge on any atom is -0.507 e. The minimum atomic E-state index is 0. The number of phenols is 2. The Morgan fingerprint density at radius 3 is 1.30 bits per heavy atom. The summed E-state index contributed by atoms with van der Waals surface area (Å²) in [4.78, 5) is 17.6. The van der Waals surface area contributed by atoms with E-state index in [1.54, 1.807) is 36.7 Å². The average Bonchev–Trinajstić information content (AvgIpc) is 3.68. The van der Waals surface area contributed by atoms with Gasteiger partial charge < -0.3 is 10.2 Å². The van der Waals surface area contributed by atoms with Gasteiger partial charge in [-0.05, 0) is 38.1 Å². The van der Waals surface area contributed by atoms with Crippen LogP contribution in [-0.4, -0.2) is 32.6 Å². The Labute approximate surface area is 269 Å². The topological polar surface area (TPSA) is 91.0 Å². The molecule has 0 atom stereocenters. The van der Waals surface area contributed by atoms with Crippen LogP contribution in [0.1, 0.15) is 22.3 Å². The zero-order valence-electron chi connectivity index (χ0n) is 23.3. The normalized spacial score (nSPS) is 10.8. The second-order valence-corrected chi connectivity index (χ2v) is 11.1. The molecule has 1 radical (unpaired) electrons. The number of hydrogen-bond donors (Lipinski definition) is 2. The molecule has 0 saturated carbocycles. The molecular weight excluding hydrogens is 624 g/mol. The second-order valence-electron chi connectivity index (χ2n) is 9.40. The van der Waals surface area contributed by atoms with Crippen molar-refractivity contribution < 1.29 is 27.3 Å². The van der Waals surface area contributed by atoms with Crippen LogP contribution in [0.25, 0.3) is 22.5 Å². The van der Waals surface area contributed by atoms with Crippen LogP contribution in [0.4, 0.5) is 10.3 Å². The molecule has 0 aliphatic heterocycles. The van der Waals surface area contributed by atoms with Gasteiger partial charge in [-0.2, -0.15) is 0 Å². The maximum Gasteiger partial charge on any atom is 0.209 e. The molecule has 0 saturated heterocycles. The molecule has 6 rings (SSSR count). The number of rotatable bonds is 6. The van der Waals surface area contributed by atoms with Crippen LogP contribution in [0, 0.1) is 13.8 Å². The SMILES string of the molecule is Cc1ccc(-c2csc(/N=C/c3ccccc3O)n2)cc1.Cc1ccc(-c2csc(/N=C/c3ccccc3O)n2)cc1.[Cu]. The van der Waals surface area contributed by atoms with Crippen molar-refractivity contribution in [2.24, 2.45) is 9.98 Å². The van der Waals surface area contributed by atoms with Gasteiger partial charge in [-0.1, -0.05) is 83.9 Å². The molecule has 2 heterocycles. The van der Waals surface area contributed by atoms with Gasteiger partial charge in [0.2, 0.25) is 10.3 Å². The summed E-state index contributed by atoms with van der Waals surface area (Å²) in [5.41, 5.74) is 7.84. The van der Waals surface area contributed by atoms with Crippen molar-refractivity contribution in [2.75, 3.05) is 0 Å². The largest absolute Gasteiger partial charge is 0.507 e. The van der Waals surface area contributed by atoms with E-state index in [1.165, 1.54) is 33.8 Å². The number of aromatic nitrogens is 2. The summed E-state index contributed by atoms with van der Waals surface area (Å²) in [5.74, 6) is 0.438. The van der Waals surface area contributed by atoms with Crippen LogP contribution < -0.4 is 0 Å². The van der Waals surface area contributed by atoms with E-state index in [9.17, 15) is 10.2 Å². The van der Waals surface area contributed by atoms with Crippen LogP contribution in [0.2, 0.25) is 0 Å². The Morgan fingerprint density at radius 1 is 0.558 bits per heavy atom. The molecule has 0 aliphatic rings. The van der Waals surface area contributed by atoms with Crippen molar-refractivity contribution in [3.05, 3.63) is 130 Å². The predicted molar refractivity (Wildman–Crippen MR) is 175 cm³/mol. The summed E-state index contributed by atoms with van der Waals surface area (Å²) in [5, 5.41) is 24.7.